The van der Waals surface area contributed by atoms with Crippen LogP contribution in [0.4, 0.5) is 10.1 Å². The van der Waals surface area contributed by atoms with E-state index in [0.29, 0.717) is 5.11 Å². The van der Waals surface area contributed by atoms with E-state index in [4.69, 9.17) is 12.2 Å². The third kappa shape index (κ3) is 4.65. The van der Waals surface area contributed by atoms with Crippen LogP contribution in [0.15, 0.2) is 97.3 Å². The van der Waals surface area contributed by atoms with Gasteiger partial charge in [-0.15, -0.1) is 0 Å². The van der Waals surface area contributed by atoms with E-state index in [1.54, 1.807) is 18.3 Å². The number of rotatable bonds is 8. The van der Waals surface area contributed by atoms with E-state index in [1.807, 2.05) is 59.3 Å². The Labute approximate surface area is 204 Å². The number of benzene rings is 2. The van der Waals surface area contributed by atoms with Crippen LogP contribution in [-0.4, -0.2) is 32.7 Å². The molecule has 34 heavy (non-hydrogen) atoms. The first-order valence-electron chi connectivity index (χ1n) is 11.4. The third-order valence-electron chi connectivity index (χ3n) is 6.05. The van der Waals surface area contributed by atoms with Gasteiger partial charge in [-0.3, -0.25) is 4.98 Å². The fourth-order valence-electron chi connectivity index (χ4n) is 4.50. The van der Waals surface area contributed by atoms with E-state index in [2.05, 4.69) is 38.7 Å². The number of hydrogen-bond donors (Lipinski definition) is 2. The molecule has 2 aromatic carbocycles. The maximum absolute atomic E-state index is 14.0. The Hall–Kier alpha value is -3.71. The number of aromatic nitrogens is 2. The van der Waals surface area contributed by atoms with Crippen LogP contribution in [0.2, 0.25) is 0 Å². The highest BCUT2D eigenvalue weighted by atomic mass is 32.1. The molecule has 0 spiro atoms. The summed E-state index contributed by atoms with van der Waals surface area (Å²) in [6.45, 7) is 1.60. The van der Waals surface area contributed by atoms with Crippen LogP contribution < -0.4 is 10.6 Å². The summed E-state index contributed by atoms with van der Waals surface area (Å²) in [7, 11) is 0. The zero-order valence-corrected chi connectivity index (χ0v) is 19.5. The largest absolute Gasteiger partial charge is 0.385 e. The second-order valence-corrected chi connectivity index (χ2v) is 8.64. The van der Waals surface area contributed by atoms with Crippen LogP contribution in [-0.2, 0) is 0 Å². The molecule has 0 radical (unpaired) electrons. The Kier molecular flexibility index (Phi) is 6.53. The molecule has 0 bridgehead atoms. The molecule has 5 rings (SSSR count). The molecule has 7 heteroatoms. The normalized spacial score (nSPS) is 17.6. The molecule has 1 aliphatic heterocycles. The zero-order chi connectivity index (χ0) is 23.3. The molecular formula is C27H26FN5S. The van der Waals surface area contributed by atoms with E-state index < -0.39 is 0 Å². The molecule has 0 amide bonds. The molecule has 172 valence electrons. The minimum absolute atomic E-state index is 0.0857. The Bertz CT molecular complexity index is 1240. The first-order valence-corrected chi connectivity index (χ1v) is 11.8. The van der Waals surface area contributed by atoms with Gasteiger partial charge in [0.2, 0.25) is 0 Å². The highest BCUT2D eigenvalue weighted by Gasteiger charge is 2.40. The van der Waals surface area contributed by atoms with Crippen molar-refractivity contribution in [2.24, 2.45) is 0 Å². The lowest BCUT2D eigenvalue weighted by atomic mass is 10.0. The number of thiocarbonyl (C=S) groups is 1. The maximum Gasteiger partial charge on any atom is 0.170 e. The van der Waals surface area contributed by atoms with E-state index in [0.717, 1.165) is 42.3 Å². The Morgan fingerprint density at radius 1 is 0.971 bits per heavy atom. The molecule has 1 fully saturated rings. The van der Waals surface area contributed by atoms with Gasteiger partial charge in [-0.2, -0.15) is 0 Å². The predicted molar refractivity (Wildman–Crippen MR) is 137 cm³/mol. The summed E-state index contributed by atoms with van der Waals surface area (Å²) >= 11 is 5.79. The van der Waals surface area contributed by atoms with Crippen molar-refractivity contribution in [2.75, 3.05) is 18.4 Å². The summed E-state index contributed by atoms with van der Waals surface area (Å²) in [5.41, 5.74) is 3.84. The van der Waals surface area contributed by atoms with Gasteiger partial charge in [0.05, 0.1) is 17.8 Å². The van der Waals surface area contributed by atoms with E-state index in [1.165, 1.54) is 6.07 Å². The minimum atomic E-state index is -0.262. The Balaban J connectivity index is 1.43. The minimum Gasteiger partial charge on any atom is -0.385 e. The van der Waals surface area contributed by atoms with Crippen LogP contribution in [0.5, 0.6) is 0 Å². The topological polar surface area (TPSA) is 45.1 Å². The molecule has 0 saturated carbocycles. The van der Waals surface area contributed by atoms with Gasteiger partial charge in [-0.25, -0.2) is 4.39 Å². The van der Waals surface area contributed by atoms with Crippen molar-refractivity contribution < 1.29 is 4.39 Å². The summed E-state index contributed by atoms with van der Waals surface area (Å²) in [5, 5.41) is 7.67. The number of pyridine rings is 1. The van der Waals surface area contributed by atoms with Crippen LogP contribution in [0.3, 0.4) is 0 Å². The fraction of sp³-hybridized carbons (Fsp3) is 0.185. The van der Waals surface area contributed by atoms with Gasteiger partial charge in [0.15, 0.2) is 5.11 Å². The molecule has 1 saturated heterocycles. The van der Waals surface area contributed by atoms with Gasteiger partial charge < -0.3 is 20.1 Å². The molecule has 3 heterocycles. The van der Waals surface area contributed by atoms with Crippen LogP contribution in [0.1, 0.15) is 29.9 Å². The van der Waals surface area contributed by atoms with E-state index >= 15 is 0 Å². The smallest absolute Gasteiger partial charge is 0.170 e. The van der Waals surface area contributed by atoms with E-state index in [-0.39, 0.29) is 17.9 Å². The van der Waals surface area contributed by atoms with Gasteiger partial charge in [0.1, 0.15) is 5.82 Å². The zero-order valence-electron chi connectivity index (χ0n) is 18.6. The van der Waals surface area contributed by atoms with Crippen molar-refractivity contribution in [2.45, 2.75) is 18.5 Å². The third-order valence-corrected chi connectivity index (χ3v) is 6.40. The second-order valence-electron chi connectivity index (χ2n) is 8.25. The van der Waals surface area contributed by atoms with Crippen molar-refractivity contribution in [3.8, 4) is 5.69 Å². The standard InChI is InChI=1S/C27H26FN5S/c28-20-9-6-12-22(19-20)32-17-7-14-24(32)26-25(23-13-4-5-15-30-23)31-27(34)33(26)18-8-16-29-21-10-2-1-3-11-21/h1-7,9-15,17,19,25-26,29H,8,16,18H2,(H,31,34)/t25-,26-/m1/s1. The number of nitrogens with zero attached hydrogens (tertiary/aromatic N) is 3. The summed E-state index contributed by atoms with van der Waals surface area (Å²) in [5.74, 6) is -0.262. The Morgan fingerprint density at radius 2 is 1.82 bits per heavy atom. The monoisotopic (exact) mass is 471 g/mol. The second kappa shape index (κ2) is 10.1. The predicted octanol–water partition coefficient (Wildman–Crippen LogP) is 5.49. The van der Waals surface area contributed by atoms with Crippen molar-refractivity contribution in [1.29, 1.82) is 0 Å². The number of para-hydroxylation sites is 1. The molecular weight excluding hydrogens is 445 g/mol. The first kappa shape index (κ1) is 22.1. The SMILES string of the molecule is Fc1cccc(-n2cccc2[C@@H]2[C@@H](c3ccccn3)NC(=S)N2CCCNc2ccccc2)c1. The summed E-state index contributed by atoms with van der Waals surface area (Å²) in [6, 6.07) is 26.6. The molecule has 2 aromatic heterocycles. The lowest BCUT2D eigenvalue weighted by Gasteiger charge is -2.29. The number of anilines is 1. The summed E-state index contributed by atoms with van der Waals surface area (Å²) in [6.07, 6.45) is 4.67. The van der Waals surface area contributed by atoms with E-state index in [9.17, 15) is 4.39 Å². The quantitative estimate of drug-likeness (QED) is 0.263. The van der Waals surface area contributed by atoms with Crippen LogP contribution >= 0.6 is 12.2 Å². The Morgan fingerprint density at radius 3 is 2.62 bits per heavy atom. The van der Waals surface area contributed by atoms with Crippen LogP contribution in [0.25, 0.3) is 5.69 Å². The average Bonchev–Trinajstić information content (AvgIpc) is 3.47. The van der Waals surface area contributed by atoms with Crippen molar-refractivity contribution in [3.05, 3.63) is 115 Å². The van der Waals surface area contributed by atoms with Gasteiger partial charge in [-0.1, -0.05) is 30.3 Å². The summed E-state index contributed by atoms with van der Waals surface area (Å²) in [4.78, 5) is 6.84. The van der Waals surface area contributed by atoms with Gasteiger partial charge >= 0.3 is 0 Å². The molecule has 2 atom stereocenters. The van der Waals surface area contributed by atoms with Gasteiger partial charge in [-0.05, 0) is 73.2 Å². The average molecular weight is 472 g/mol. The fourth-order valence-corrected chi connectivity index (χ4v) is 4.83. The molecule has 1 aliphatic rings. The van der Waals surface area contributed by atoms with Crippen molar-refractivity contribution in [3.63, 3.8) is 0 Å². The van der Waals surface area contributed by atoms with Gasteiger partial charge in [0.25, 0.3) is 0 Å². The molecule has 2 N–H and O–H groups in total. The lowest BCUT2D eigenvalue weighted by molar-refractivity contribution is 0.307. The molecule has 5 nitrogen and oxygen atoms in total. The van der Waals surface area contributed by atoms with Crippen molar-refractivity contribution in [1.82, 2.24) is 19.8 Å². The lowest BCUT2D eigenvalue weighted by Crippen LogP contribution is -2.32. The van der Waals surface area contributed by atoms with Crippen molar-refractivity contribution >= 4 is 23.0 Å². The molecule has 0 aliphatic carbocycles. The number of halogens is 1. The van der Waals surface area contributed by atoms with Crippen LogP contribution in [0, 0.1) is 5.82 Å². The first-order chi connectivity index (χ1) is 16.7. The number of nitrogens with one attached hydrogen (secondary N) is 2. The summed E-state index contributed by atoms with van der Waals surface area (Å²) < 4.78 is 16.1. The van der Waals surface area contributed by atoms with Gasteiger partial charge in [0, 0.05) is 42.6 Å². The maximum atomic E-state index is 14.0. The molecule has 4 aromatic rings. The highest BCUT2D eigenvalue weighted by molar-refractivity contribution is 7.80. The highest BCUT2D eigenvalue weighted by Crippen LogP contribution is 2.39. The number of hydrogen-bond acceptors (Lipinski definition) is 3. The molecule has 0 unspecified atom stereocenters.